The van der Waals surface area contributed by atoms with Crippen LogP contribution in [-0.2, 0) is 13.1 Å². The molecule has 0 atom stereocenters. The third-order valence-electron chi connectivity index (χ3n) is 6.56. The van der Waals surface area contributed by atoms with Crippen molar-refractivity contribution >= 4 is 21.9 Å². The third-order valence-corrected chi connectivity index (χ3v) is 6.56. The van der Waals surface area contributed by atoms with Crippen LogP contribution < -0.4 is 11.5 Å². The molecule has 0 amide bonds. The lowest BCUT2D eigenvalue weighted by Gasteiger charge is -2.18. The number of hydrogen-bond acceptors (Lipinski definition) is 2. The van der Waals surface area contributed by atoms with Crippen LogP contribution in [0.4, 0.5) is 0 Å². The summed E-state index contributed by atoms with van der Waals surface area (Å²) in [6, 6.07) is 26.2. The SMILES string of the molecule is Cc1c(CN)cccc1C1=C(c2cccc(CN)c2C)c2cccc3cccc1c23. The monoisotopic (exact) mass is 390 g/mol. The van der Waals surface area contributed by atoms with Crippen LogP contribution in [-0.4, -0.2) is 0 Å². The van der Waals surface area contributed by atoms with Gasteiger partial charge in [-0.3, -0.25) is 0 Å². The molecule has 1 aliphatic rings. The second-order valence-corrected chi connectivity index (χ2v) is 8.05. The van der Waals surface area contributed by atoms with E-state index < -0.39 is 0 Å². The summed E-state index contributed by atoms with van der Waals surface area (Å²) in [4.78, 5) is 0. The second kappa shape index (κ2) is 7.24. The molecule has 0 bridgehead atoms. The normalized spacial score (nSPS) is 12.8. The molecule has 0 aromatic heterocycles. The molecule has 1 aliphatic carbocycles. The van der Waals surface area contributed by atoms with Crippen LogP contribution in [0.1, 0.15) is 44.5 Å². The Morgan fingerprint density at radius 3 is 1.37 bits per heavy atom. The van der Waals surface area contributed by atoms with Crippen LogP contribution in [0.3, 0.4) is 0 Å². The summed E-state index contributed by atoms with van der Waals surface area (Å²) < 4.78 is 0. The molecule has 4 N–H and O–H groups in total. The zero-order valence-corrected chi connectivity index (χ0v) is 17.5. The van der Waals surface area contributed by atoms with Crippen molar-refractivity contribution in [3.05, 3.63) is 117 Å². The van der Waals surface area contributed by atoms with Gasteiger partial charge in [0.25, 0.3) is 0 Å². The zero-order chi connectivity index (χ0) is 20.8. The van der Waals surface area contributed by atoms with E-state index in [0.717, 1.165) is 0 Å². The van der Waals surface area contributed by atoms with Gasteiger partial charge in [0, 0.05) is 13.1 Å². The number of benzene rings is 4. The summed E-state index contributed by atoms with van der Waals surface area (Å²) in [7, 11) is 0. The Bertz CT molecular complexity index is 1230. The van der Waals surface area contributed by atoms with Crippen LogP contribution in [0, 0.1) is 13.8 Å². The molecule has 0 saturated carbocycles. The van der Waals surface area contributed by atoms with Gasteiger partial charge >= 0.3 is 0 Å². The molecule has 0 radical (unpaired) electrons. The van der Waals surface area contributed by atoms with Gasteiger partial charge in [-0.15, -0.1) is 0 Å². The molecule has 5 rings (SSSR count). The Morgan fingerprint density at radius 2 is 0.933 bits per heavy atom. The Kier molecular flexibility index (Phi) is 4.54. The Hall–Kier alpha value is -3.20. The van der Waals surface area contributed by atoms with E-state index in [2.05, 4.69) is 86.6 Å². The first kappa shape index (κ1) is 18.8. The highest BCUT2D eigenvalue weighted by Gasteiger charge is 2.28. The quantitative estimate of drug-likeness (QED) is 0.414. The summed E-state index contributed by atoms with van der Waals surface area (Å²) in [5, 5.41) is 2.61. The van der Waals surface area contributed by atoms with Gasteiger partial charge in [0.1, 0.15) is 0 Å². The molecule has 30 heavy (non-hydrogen) atoms. The summed E-state index contributed by atoms with van der Waals surface area (Å²) >= 11 is 0. The maximum Gasteiger partial charge on any atom is 0.0180 e. The lowest BCUT2D eigenvalue weighted by Crippen LogP contribution is -2.04. The van der Waals surface area contributed by atoms with Gasteiger partial charge in [-0.25, -0.2) is 0 Å². The molecular weight excluding hydrogens is 364 g/mol. The molecule has 0 saturated heterocycles. The smallest absolute Gasteiger partial charge is 0.0180 e. The number of rotatable bonds is 4. The van der Waals surface area contributed by atoms with Crippen molar-refractivity contribution in [2.75, 3.05) is 0 Å². The summed E-state index contributed by atoms with van der Waals surface area (Å²) in [6.07, 6.45) is 0. The molecule has 148 valence electrons. The van der Waals surface area contributed by atoms with Gasteiger partial charge in [0.05, 0.1) is 0 Å². The van der Waals surface area contributed by atoms with Gasteiger partial charge < -0.3 is 11.5 Å². The van der Waals surface area contributed by atoms with Crippen molar-refractivity contribution in [1.82, 2.24) is 0 Å². The highest BCUT2D eigenvalue weighted by Crippen LogP contribution is 2.49. The lowest BCUT2D eigenvalue weighted by molar-refractivity contribution is 1.04. The van der Waals surface area contributed by atoms with Crippen LogP contribution in [0.5, 0.6) is 0 Å². The molecule has 2 nitrogen and oxygen atoms in total. The second-order valence-electron chi connectivity index (χ2n) is 8.05. The van der Waals surface area contributed by atoms with E-state index in [9.17, 15) is 0 Å². The van der Waals surface area contributed by atoms with Crippen molar-refractivity contribution in [3.8, 4) is 0 Å². The van der Waals surface area contributed by atoms with Gasteiger partial charge in [-0.2, -0.15) is 0 Å². The summed E-state index contributed by atoms with van der Waals surface area (Å²) in [6.45, 7) is 5.46. The predicted molar refractivity (Wildman–Crippen MR) is 127 cm³/mol. The minimum atomic E-state index is 0.543. The van der Waals surface area contributed by atoms with E-state index in [1.54, 1.807) is 0 Å². The Balaban J connectivity index is 1.93. The summed E-state index contributed by atoms with van der Waals surface area (Å²) in [5.41, 5.74) is 24.7. The molecule has 2 heteroatoms. The molecule has 4 aromatic carbocycles. The van der Waals surface area contributed by atoms with Crippen LogP contribution in [0.2, 0.25) is 0 Å². The number of hydrogen-bond donors (Lipinski definition) is 2. The van der Waals surface area contributed by atoms with Crippen molar-refractivity contribution in [2.24, 2.45) is 11.5 Å². The van der Waals surface area contributed by atoms with E-state index in [0.29, 0.717) is 13.1 Å². The Morgan fingerprint density at radius 1 is 0.533 bits per heavy atom. The van der Waals surface area contributed by atoms with E-state index >= 15 is 0 Å². The number of nitrogens with two attached hydrogens (primary N) is 2. The first-order chi connectivity index (χ1) is 14.7. The van der Waals surface area contributed by atoms with Crippen LogP contribution in [0.25, 0.3) is 21.9 Å². The fourth-order valence-electron chi connectivity index (χ4n) is 4.94. The third kappa shape index (κ3) is 2.65. The maximum atomic E-state index is 6.06. The average Bonchev–Trinajstić information content (AvgIpc) is 3.10. The average molecular weight is 391 g/mol. The fraction of sp³-hybridized carbons (Fsp3) is 0.143. The fourth-order valence-corrected chi connectivity index (χ4v) is 4.94. The molecule has 0 aliphatic heterocycles. The lowest BCUT2D eigenvalue weighted by atomic mass is 9.86. The summed E-state index contributed by atoms with van der Waals surface area (Å²) in [5.74, 6) is 0. The van der Waals surface area contributed by atoms with Crippen LogP contribution in [0.15, 0.2) is 72.8 Å². The van der Waals surface area contributed by atoms with Gasteiger partial charge in [-0.05, 0) is 80.3 Å². The first-order valence-electron chi connectivity index (χ1n) is 10.5. The van der Waals surface area contributed by atoms with Crippen LogP contribution >= 0.6 is 0 Å². The molecule has 0 heterocycles. The highest BCUT2D eigenvalue weighted by molar-refractivity contribution is 6.21. The van der Waals surface area contributed by atoms with Crippen molar-refractivity contribution in [1.29, 1.82) is 0 Å². The minimum Gasteiger partial charge on any atom is -0.326 e. The van der Waals surface area contributed by atoms with Crippen molar-refractivity contribution in [2.45, 2.75) is 26.9 Å². The first-order valence-corrected chi connectivity index (χ1v) is 10.5. The molecule has 4 aromatic rings. The minimum absolute atomic E-state index is 0.543. The van der Waals surface area contributed by atoms with Crippen molar-refractivity contribution in [3.63, 3.8) is 0 Å². The van der Waals surface area contributed by atoms with Gasteiger partial charge in [-0.1, -0.05) is 72.8 Å². The molecule has 0 unspecified atom stereocenters. The molecular formula is C28H26N2. The largest absolute Gasteiger partial charge is 0.326 e. The van der Waals surface area contributed by atoms with Gasteiger partial charge in [0.2, 0.25) is 0 Å². The van der Waals surface area contributed by atoms with E-state index in [1.165, 1.54) is 66.4 Å². The topological polar surface area (TPSA) is 52.0 Å². The maximum absolute atomic E-state index is 6.06. The Labute approximate surface area is 177 Å². The van der Waals surface area contributed by atoms with Crippen molar-refractivity contribution < 1.29 is 0 Å². The standard InChI is InChI=1S/C28H26N2/c1-17-20(15-29)9-5-11-22(17)27-24-13-3-7-19-8-4-14-25(26(19)24)28(27)23-12-6-10-21(16-30)18(23)2/h3-14H,15-16,29-30H2,1-2H3. The molecule has 0 spiro atoms. The van der Waals surface area contributed by atoms with E-state index in [4.69, 9.17) is 11.5 Å². The van der Waals surface area contributed by atoms with E-state index in [1.807, 2.05) is 0 Å². The predicted octanol–water partition coefficient (Wildman–Crippen LogP) is 5.69. The van der Waals surface area contributed by atoms with E-state index in [-0.39, 0.29) is 0 Å². The molecule has 0 fully saturated rings. The highest BCUT2D eigenvalue weighted by atomic mass is 14.5. The van der Waals surface area contributed by atoms with Gasteiger partial charge in [0.15, 0.2) is 0 Å². The zero-order valence-electron chi connectivity index (χ0n) is 17.5.